The molecule has 0 spiro atoms. The molecule has 1 aromatic heterocycles. The first-order valence-electron chi connectivity index (χ1n) is 16.5. The Morgan fingerprint density at radius 1 is 0.520 bits per heavy atom. The van der Waals surface area contributed by atoms with Gasteiger partial charge in [-0.25, -0.2) is 0 Å². The second kappa shape index (κ2) is 11.5. The van der Waals surface area contributed by atoms with E-state index in [1.165, 1.54) is 10.8 Å². The Hall–Kier alpha value is -7.13. The first kappa shape index (κ1) is 29.0. The van der Waals surface area contributed by atoms with Crippen LogP contribution in [0.5, 0.6) is 0 Å². The molecule has 2 atom stereocenters. The lowest BCUT2D eigenvalue weighted by Gasteiger charge is -2.30. The fraction of sp³-hybridized carbons (Fsp3) is 0.0444. The summed E-state index contributed by atoms with van der Waals surface area (Å²) in [7, 11) is 0. The van der Waals surface area contributed by atoms with Crippen LogP contribution < -0.4 is 4.90 Å². The summed E-state index contributed by atoms with van der Waals surface area (Å²) in [6.45, 7) is 0. The molecule has 50 heavy (non-hydrogen) atoms. The first-order valence-corrected chi connectivity index (χ1v) is 16.5. The SMILES string of the molecule is N#CC1=CC2c3ccccc3N(c3cc(-c4ccc(C#N)c(-c5ccccc5-n5c6ccccc6c6ccccc65)c4)ccc3C#N)C2C=C1. The van der Waals surface area contributed by atoms with Gasteiger partial charge >= 0.3 is 0 Å². The third kappa shape index (κ3) is 4.37. The number of para-hydroxylation sites is 4. The Morgan fingerprint density at radius 2 is 1.14 bits per heavy atom. The number of hydrogen-bond acceptors (Lipinski definition) is 4. The molecule has 7 aromatic rings. The number of anilines is 2. The Kier molecular flexibility index (Phi) is 6.70. The molecule has 0 radical (unpaired) electrons. The molecule has 0 fully saturated rings. The van der Waals surface area contributed by atoms with Gasteiger partial charge in [0.1, 0.15) is 6.07 Å². The highest BCUT2D eigenvalue weighted by molar-refractivity contribution is 6.09. The number of nitrogens with zero attached hydrogens (tertiary/aromatic N) is 5. The van der Waals surface area contributed by atoms with Crippen LogP contribution in [0.4, 0.5) is 11.4 Å². The van der Waals surface area contributed by atoms with Crippen molar-refractivity contribution in [1.82, 2.24) is 4.57 Å². The Morgan fingerprint density at radius 3 is 1.86 bits per heavy atom. The van der Waals surface area contributed by atoms with E-state index in [0.29, 0.717) is 16.7 Å². The molecular formula is C45H27N5. The molecule has 232 valence electrons. The first-order chi connectivity index (χ1) is 24.7. The van der Waals surface area contributed by atoms with E-state index in [1.807, 2.05) is 60.7 Å². The van der Waals surface area contributed by atoms with Gasteiger partial charge in [0, 0.05) is 39.1 Å². The van der Waals surface area contributed by atoms with E-state index in [9.17, 15) is 15.8 Å². The summed E-state index contributed by atoms with van der Waals surface area (Å²) in [5.74, 6) is -0.0000799. The minimum absolute atomic E-state index is 0.0000799. The Bertz CT molecular complexity index is 2670. The number of rotatable bonds is 4. The van der Waals surface area contributed by atoms with Crippen LogP contribution in [0.1, 0.15) is 22.6 Å². The van der Waals surface area contributed by atoms with Gasteiger partial charge in [-0.05, 0) is 71.3 Å². The van der Waals surface area contributed by atoms with Gasteiger partial charge in [-0.1, -0.05) is 97.1 Å². The summed E-state index contributed by atoms with van der Waals surface area (Å²) >= 11 is 0. The average molecular weight is 638 g/mol. The highest BCUT2D eigenvalue weighted by Gasteiger charge is 2.39. The van der Waals surface area contributed by atoms with Gasteiger partial charge in [0.25, 0.3) is 0 Å². The average Bonchev–Trinajstić information content (AvgIpc) is 3.70. The Balaban J connectivity index is 1.21. The van der Waals surface area contributed by atoms with Gasteiger partial charge in [-0.3, -0.25) is 0 Å². The van der Waals surface area contributed by atoms with Crippen LogP contribution >= 0.6 is 0 Å². The van der Waals surface area contributed by atoms with Crippen LogP contribution in [-0.2, 0) is 0 Å². The fourth-order valence-electron chi connectivity index (χ4n) is 7.83. The predicted octanol–water partition coefficient (Wildman–Crippen LogP) is 10.5. The smallest absolute Gasteiger partial charge is 0.101 e. The zero-order valence-electron chi connectivity index (χ0n) is 26.8. The Labute approximate surface area is 289 Å². The van der Waals surface area contributed by atoms with Crippen molar-refractivity contribution in [3.63, 3.8) is 0 Å². The van der Waals surface area contributed by atoms with Crippen molar-refractivity contribution < 1.29 is 0 Å². The van der Waals surface area contributed by atoms with Crippen molar-refractivity contribution in [1.29, 1.82) is 15.8 Å². The largest absolute Gasteiger partial charge is 0.332 e. The minimum atomic E-state index is -0.0681. The van der Waals surface area contributed by atoms with Crippen molar-refractivity contribution in [2.24, 2.45) is 0 Å². The van der Waals surface area contributed by atoms with Crippen LogP contribution in [0.2, 0.25) is 0 Å². The molecule has 6 aromatic carbocycles. The zero-order chi connectivity index (χ0) is 33.8. The molecule has 9 rings (SSSR count). The van der Waals surface area contributed by atoms with E-state index in [1.54, 1.807) is 0 Å². The normalized spacial score (nSPS) is 15.9. The standard InChI is InChI=1S/C45H27N5/c46-26-29-17-22-44-39(23-29)37-12-4-8-16-43(37)50(44)45-25-31(19-21-33(45)28-48)30-18-20-32(27-47)38(24-30)36-11-3-7-15-42(36)49-40-13-5-1-9-34(40)35-10-2-6-14-41(35)49/h1-25,39,44H. The van der Waals surface area contributed by atoms with E-state index in [-0.39, 0.29) is 12.0 Å². The lowest BCUT2D eigenvalue weighted by atomic mass is 9.88. The van der Waals surface area contributed by atoms with Crippen molar-refractivity contribution in [3.8, 4) is 46.1 Å². The van der Waals surface area contributed by atoms with Gasteiger partial charge in [-0.15, -0.1) is 0 Å². The third-order valence-corrected chi connectivity index (χ3v) is 10.0. The van der Waals surface area contributed by atoms with Gasteiger partial charge in [0.15, 0.2) is 0 Å². The van der Waals surface area contributed by atoms with E-state index in [4.69, 9.17) is 0 Å². The second-order valence-electron chi connectivity index (χ2n) is 12.6. The molecule has 0 bridgehead atoms. The molecule has 0 amide bonds. The monoisotopic (exact) mass is 637 g/mol. The fourth-order valence-corrected chi connectivity index (χ4v) is 7.83. The van der Waals surface area contributed by atoms with Crippen LogP contribution in [0.15, 0.2) is 157 Å². The highest BCUT2D eigenvalue weighted by Crippen LogP contribution is 2.49. The summed E-state index contributed by atoms with van der Waals surface area (Å²) < 4.78 is 2.29. The minimum Gasteiger partial charge on any atom is -0.332 e. The highest BCUT2D eigenvalue weighted by atomic mass is 15.2. The second-order valence-corrected chi connectivity index (χ2v) is 12.6. The van der Waals surface area contributed by atoms with Crippen LogP contribution in [0, 0.1) is 34.0 Å². The van der Waals surface area contributed by atoms with E-state index < -0.39 is 0 Å². The molecule has 2 heterocycles. The summed E-state index contributed by atoms with van der Waals surface area (Å²) in [4.78, 5) is 2.23. The van der Waals surface area contributed by atoms with E-state index >= 15 is 0 Å². The molecule has 2 aliphatic rings. The van der Waals surface area contributed by atoms with Crippen molar-refractivity contribution in [2.45, 2.75) is 12.0 Å². The maximum absolute atomic E-state index is 10.4. The lowest BCUT2D eigenvalue weighted by Crippen LogP contribution is -2.29. The number of nitriles is 3. The summed E-state index contributed by atoms with van der Waals surface area (Å²) in [5.41, 5.74) is 11.6. The van der Waals surface area contributed by atoms with Gasteiger partial charge in [-0.2, -0.15) is 15.8 Å². The molecule has 2 unspecified atom stereocenters. The number of allylic oxidation sites excluding steroid dienone is 2. The number of hydrogen-bond donors (Lipinski definition) is 0. The molecular weight excluding hydrogens is 611 g/mol. The van der Waals surface area contributed by atoms with Gasteiger partial charge < -0.3 is 9.47 Å². The molecule has 1 aliphatic heterocycles. The van der Waals surface area contributed by atoms with Crippen molar-refractivity contribution in [3.05, 3.63) is 174 Å². The third-order valence-electron chi connectivity index (χ3n) is 10.0. The molecule has 5 heteroatoms. The maximum atomic E-state index is 10.4. The lowest BCUT2D eigenvalue weighted by molar-refractivity contribution is 0.741. The van der Waals surface area contributed by atoms with Gasteiger partial charge in [0.05, 0.1) is 51.7 Å². The predicted molar refractivity (Wildman–Crippen MR) is 199 cm³/mol. The van der Waals surface area contributed by atoms with Crippen molar-refractivity contribution >= 4 is 33.2 Å². The van der Waals surface area contributed by atoms with Crippen LogP contribution in [-0.4, -0.2) is 10.6 Å². The molecule has 0 N–H and O–H groups in total. The number of benzene rings is 6. The van der Waals surface area contributed by atoms with Crippen molar-refractivity contribution in [2.75, 3.05) is 4.90 Å². The van der Waals surface area contributed by atoms with Crippen LogP contribution in [0.3, 0.4) is 0 Å². The summed E-state index contributed by atoms with van der Waals surface area (Å²) in [6.07, 6.45) is 5.97. The number of fused-ring (bicyclic) bond motifs is 6. The molecule has 1 aliphatic carbocycles. The van der Waals surface area contributed by atoms with E-state index in [0.717, 1.165) is 55.9 Å². The summed E-state index contributed by atoms with van der Waals surface area (Å²) in [5, 5.41) is 32.7. The molecule has 0 saturated heterocycles. The van der Waals surface area contributed by atoms with Crippen LogP contribution in [0.25, 0.3) is 49.7 Å². The quantitative estimate of drug-likeness (QED) is 0.192. The topological polar surface area (TPSA) is 79.5 Å². The molecule has 5 nitrogen and oxygen atoms in total. The summed E-state index contributed by atoms with van der Waals surface area (Å²) in [6, 6.07) is 52.4. The maximum Gasteiger partial charge on any atom is 0.101 e. The zero-order valence-corrected chi connectivity index (χ0v) is 26.8. The van der Waals surface area contributed by atoms with E-state index in [2.05, 4.69) is 119 Å². The van der Waals surface area contributed by atoms with Gasteiger partial charge in [0.2, 0.25) is 0 Å². The number of aromatic nitrogens is 1. The molecule has 0 saturated carbocycles.